The molecular formula is C16H26N2O3S2. The SMILES string of the molecule is CC(C)S(=O)(=O)CCCN1CCCN(C(=O)c2ccsc2)CC1. The first-order valence-electron chi connectivity index (χ1n) is 8.15. The maximum atomic E-state index is 12.4. The first-order chi connectivity index (χ1) is 10.9. The largest absolute Gasteiger partial charge is 0.337 e. The van der Waals surface area contributed by atoms with Crippen LogP contribution in [0.3, 0.4) is 0 Å². The number of hydrogen-bond donors (Lipinski definition) is 0. The van der Waals surface area contributed by atoms with E-state index in [1.807, 2.05) is 21.7 Å². The monoisotopic (exact) mass is 358 g/mol. The molecule has 0 saturated carbocycles. The van der Waals surface area contributed by atoms with Crippen LogP contribution in [0.4, 0.5) is 0 Å². The van der Waals surface area contributed by atoms with Gasteiger partial charge in [-0.05, 0) is 51.2 Å². The average molecular weight is 359 g/mol. The summed E-state index contributed by atoms with van der Waals surface area (Å²) in [6.07, 6.45) is 1.60. The van der Waals surface area contributed by atoms with Crippen molar-refractivity contribution in [3.8, 4) is 0 Å². The van der Waals surface area contributed by atoms with E-state index in [2.05, 4.69) is 4.90 Å². The second-order valence-corrected chi connectivity index (χ2v) is 9.73. The van der Waals surface area contributed by atoms with Crippen LogP contribution in [0.5, 0.6) is 0 Å². The molecular weight excluding hydrogens is 332 g/mol. The van der Waals surface area contributed by atoms with Crippen molar-refractivity contribution in [1.29, 1.82) is 0 Å². The van der Waals surface area contributed by atoms with Gasteiger partial charge in [-0.25, -0.2) is 8.42 Å². The Labute approximate surface area is 143 Å². The summed E-state index contributed by atoms with van der Waals surface area (Å²) < 4.78 is 23.7. The summed E-state index contributed by atoms with van der Waals surface area (Å²) in [6, 6.07) is 1.87. The van der Waals surface area contributed by atoms with Gasteiger partial charge in [-0.3, -0.25) is 4.79 Å². The van der Waals surface area contributed by atoms with E-state index in [9.17, 15) is 13.2 Å². The quantitative estimate of drug-likeness (QED) is 0.781. The molecule has 1 amide bonds. The number of thiophene rings is 1. The van der Waals surface area contributed by atoms with Crippen LogP contribution in [0.1, 0.15) is 37.0 Å². The van der Waals surface area contributed by atoms with Gasteiger partial charge >= 0.3 is 0 Å². The summed E-state index contributed by atoms with van der Waals surface area (Å²) >= 11 is 1.54. The Bertz CT molecular complexity index is 597. The molecule has 1 aliphatic heterocycles. The van der Waals surface area contributed by atoms with Gasteiger partial charge in [-0.1, -0.05) is 0 Å². The third-order valence-corrected chi connectivity index (χ3v) is 7.24. The predicted octanol–water partition coefficient (Wildman–Crippen LogP) is 2.11. The highest BCUT2D eigenvalue weighted by molar-refractivity contribution is 7.91. The zero-order valence-electron chi connectivity index (χ0n) is 13.9. The summed E-state index contributed by atoms with van der Waals surface area (Å²) in [7, 11) is -2.95. The van der Waals surface area contributed by atoms with Crippen molar-refractivity contribution in [2.45, 2.75) is 31.9 Å². The van der Waals surface area contributed by atoms with Gasteiger partial charge < -0.3 is 9.80 Å². The van der Waals surface area contributed by atoms with Gasteiger partial charge in [0.15, 0.2) is 9.84 Å². The van der Waals surface area contributed by atoms with Gasteiger partial charge in [0.05, 0.1) is 16.6 Å². The summed E-state index contributed by atoms with van der Waals surface area (Å²) in [6.45, 7) is 7.48. The van der Waals surface area contributed by atoms with Crippen LogP contribution in [-0.4, -0.2) is 67.9 Å². The van der Waals surface area contributed by atoms with Gasteiger partial charge in [-0.15, -0.1) is 0 Å². The fourth-order valence-corrected chi connectivity index (χ4v) is 4.32. The zero-order chi connectivity index (χ0) is 16.9. The number of hydrogen-bond acceptors (Lipinski definition) is 5. The molecule has 7 heteroatoms. The van der Waals surface area contributed by atoms with Crippen molar-refractivity contribution in [3.05, 3.63) is 22.4 Å². The predicted molar refractivity (Wildman–Crippen MR) is 94.8 cm³/mol. The fourth-order valence-electron chi connectivity index (χ4n) is 2.69. The maximum Gasteiger partial charge on any atom is 0.254 e. The molecule has 1 aliphatic rings. The number of carbonyl (C=O) groups is 1. The molecule has 0 atom stereocenters. The van der Waals surface area contributed by atoms with Gasteiger partial charge in [0.2, 0.25) is 0 Å². The van der Waals surface area contributed by atoms with Crippen LogP contribution < -0.4 is 0 Å². The zero-order valence-corrected chi connectivity index (χ0v) is 15.5. The molecule has 2 rings (SSSR count). The third kappa shape index (κ3) is 5.29. The summed E-state index contributed by atoms with van der Waals surface area (Å²) in [4.78, 5) is 16.6. The minimum absolute atomic E-state index is 0.107. The minimum atomic E-state index is -2.95. The highest BCUT2D eigenvalue weighted by atomic mass is 32.2. The Morgan fingerprint density at radius 2 is 2.04 bits per heavy atom. The smallest absolute Gasteiger partial charge is 0.254 e. The Balaban J connectivity index is 1.79. The molecule has 0 bridgehead atoms. The van der Waals surface area contributed by atoms with Crippen molar-refractivity contribution in [3.63, 3.8) is 0 Å². The van der Waals surface area contributed by atoms with E-state index in [4.69, 9.17) is 0 Å². The van der Waals surface area contributed by atoms with E-state index in [-0.39, 0.29) is 16.9 Å². The second-order valence-electron chi connectivity index (χ2n) is 6.27. The van der Waals surface area contributed by atoms with Gasteiger partial charge in [0.1, 0.15) is 0 Å². The molecule has 0 aliphatic carbocycles. The van der Waals surface area contributed by atoms with E-state index in [0.717, 1.165) is 38.2 Å². The third-order valence-electron chi connectivity index (χ3n) is 4.27. The van der Waals surface area contributed by atoms with Crippen molar-refractivity contribution < 1.29 is 13.2 Å². The normalized spacial score (nSPS) is 17.4. The van der Waals surface area contributed by atoms with Gasteiger partial charge in [0.25, 0.3) is 5.91 Å². The van der Waals surface area contributed by atoms with E-state index in [1.54, 1.807) is 13.8 Å². The minimum Gasteiger partial charge on any atom is -0.337 e. The van der Waals surface area contributed by atoms with Gasteiger partial charge in [0, 0.05) is 25.0 Å². The van der Waals surface area contributed by atoms with Crippen LogP contribution >= 0.6 is 11.3 Å². The first-order valence-corrected chi connectivity index (χ1v) is 10.8. The lowest BCUT2D eigenvalue weighted by Crippen LogP contribution is -2.35. The number of carbonyl (C=O) groups excluding carboxylic acids is 1. The molecule has 2 heterocycles. The van der Waals surface area contributed by atoms with Crippen LogP contribution in [0.25, 0.3) is 0 Å². The fraction of sp³-hybridized carbons (Fsp3) is 0.688. The molecule has 0 aromatic carbocycles. The second kappa shape index (κ2) is 8.26. The van der Waals surface area contributed by atoms with Crippen molar-refractivity contribution in [2.24, 2.45) is 0 Å². The van der Waals surface area contributed by atoms with Crippen molar-refractivity contribution in [2.75, 3.05) is 38.5 Å². The molecule has 5 nitrogen and oxygen atoms in total. The Kier molecular flexibility index (Phi) is 6.61. The molecule has 0 radical (unpaired) electrons. The first kappa shape index (κ1) is 18.4. The van der Waals surface area contributed by atoms with Gasteiger partial charge in [-0.2, -0.15) is 11.3 Å². The standard InChI is InChI=1S/C16H26N2O3S2/c1-14(2)23(20,21)12-4-7-17-6-3-8-18(10-9-17)16(19)15-5-11-22-13-15/h5,11,13-14H,3-4,6-10,12H2,1-2H3. The highest BCUT2D eigenvalue weighted by Gasteiger charge is 2.21. The molecule has 0 spiro atoms. The highest BCUT2D eigenvalue weighted by Crippen LogP contribution is 2.12. The van der Waals surface area contributed by atoms with E-state index in [0.29, 0.717) is 13.0 Å². The maximum absolute atomic E-state index is 12.4. The van der Waals surface area contributed by atoms with Crippen molar-refractivity contribution in [1.82, 2.24) is 9.80 Å². The molecule has 1 saturated heterocycles. The lowest BCUT2D eigenvalue weighted by molar-refractivity contribution is 0.0762. The molecule has 23 heavy (non-hydrogen) atoms. The summed E-state index contributed by atoms with van der Waals surface area (Å²) in [5.41, 5.74) is 0.770. The van der Waals surface area contributed by atoms with Crippen LogP contribution in [-0.2, 0) is 9.84 Å². The molecule has 130 valence electrons. The molecule has 0 N–H and O–H groups in total. The average Bonchev–Trinajstić information content (AvgIpc) is 2.93. The number of amides is 1. The van der Waals surface area contributed by atoms with E-state index < -0.39 is 9.84 Å². The van der Waals surface area contributed by atoms with Crippen LogP contribution in [0.2, 0.25) is 0 Å². The molecule has 1 fully saturated rings. The lowest BCUT2D eigenvalue weighted by atomic mass is 10.3. The Morgan fingerprint density at radius 1 is 1.26 bits per heavy atom. The van der Waals surface area contributed by atoms with Crippen LogP contribution in [0, 0.1) is 0 Å². The Morgan fingerprint density at radius 3 is 2.70 bits per heavy atom. The molecule has 1 aromatic heterocycles. The Hall–Kier alpha value is -0.920. The van der Waals surface area contributed by atoms with Crippen molar-refractivity contribution >= 4 is 27.1 Å². The van der Waals surface area contributed by atoms with Crippen LogP contribution in [0.15, 0.2) is 16.8 Å². The van der Waals surface area contributed by atoms with E-state index in [1.165, 1.54) is 11.3 Å². The number of nitrogens with zero attached hydrogens (tertiary/aromatic N) is 2. The van der Waals surface area contributed by atoms with E-state index >= 15 is 0 Å². The summed E-state index contributed by atoms with van der Waals surface area (Å²) in [5.74, 6) is 0.356. The molecule has 1 aromatic rings. The summed E-state index contributed by atoms with van der Waals surface area (Å²) in [5, 5.41) is 3.51. The number of rotatable bonds is 6. The number of sulfone groups is 1. The molecule has 0 unspecified atom stereocenters. The topological polar surface area (TPSA) is 57.7 Å². The lowest BCUT2D eigenvalue weighted by Gasteiger charge is -2.21.